The second-order valence-corrected chi connectivity index (χ2v) is 7.61. The first-order chi connectivity index (χ1) is 14.9. The molecule has 168 valence electrons. The van der Waals surface area contributed by atoms with E-state index >= 15 is 0 Å². The molecule has 0 atom stereocenters. The van der Waals surface area contributed by atoms with Crippen molar-refractivity contribution in [2.45, 2.75) is 48.0 Å². The molecule has 0 spiro atoms. The first-order valence-corrected chi connectivity index (χ1v) is 10.7. The first kappa shape index (κ1) is 24.3. The van der Waals surface area contributed by atoms with Crippen LogP contribution in [0, 0.1) is 27.7 Å². The van der Waals surface area contributed by atoms with Crippen LogP contribution in [0.3, 0.4) is 0 Å². The lowest BCUT2D eigenvalue weighted by Gasteiger charge is -2.15. The van der Waals surface area contributed by atoms with Crippen LogP contribution in [-0.4, -0.2) is 32.6 Å². The van der Waals surface area contributed by atoms with Crippen LogP contribution in [0.5, 0.6) is 17.2 Å². The van der Waals surface area contributed by atoms with Gasteiger partial charge in [0.15, 0.2) is 0 Å². The molecule has 0 aliphatic rings. The number of hydrogen-bond donors (Lipinski definition) is 0. The van der Waals surface area contributed by atoms with Crippen molar-refractivity contribution >= 4 is 5.71 Å². The van der Waals surface area contributed by atoms with Gasteiger partial charge in [0.25, 0.3) is 0 Å². The molecule has 0 bridgehead atoms. The predicted molar refractivity (Wildman–Crippen MR) is 127 cm³/mol. The molecular formula is C26H35NO4. The molecule has 0 aliphatic carbocycles. The average Bonchev–Trinajstić information content (AvgIpc) is 2.72. The zero-order valence-corrected chi connectivity index (χ0v) is 19.9. The Balaban J connectivity index is 1.88. The van der Waals surface area contributed by atoms with Gasteiger partial charge in [-0.2, -0.15) is 0 Å². The van der Waals surface area contributed by atoms with E-state index in [9.17, 15) is 0 Å². The molecule has 0 heterocycles. The van der Waals surface area contributed by atoms with Crippen molar-refractivity contribution < 1.29 is 19.0 Å². The molecule has 0 radical (unpaired) electrons. The molecule has 2 rings (SSSR count). The molecule has 2 aromatic rings. The van der Waals surface area contributed by atoms with Crippen LogP contribution in [0.4, 0.5) is 0 Å². The number of nitrogens with zero attached hydrogens (tertiary/aromatic N) is 1. The molecule has 0 saturated heterocycles. The van der Waals surface area contributed by atoms with E-state index in [-0.39, 0.29) is 0 Å². The summed E-state index contributed by atoms with van der Waals surface area (Å²) >= 11 is 0. The van der Waals surface area contributed by atoms with Crippen molar-refractivity contribution in [3.05, 3.63) is 64.2 Å². The van der Waals surface area contributed by atoms with Crippen LogP contribution in [0.1, 0.15) is 48.1 Å². The van der Waals surface area contributed by atoms with Crippen molar-refractivity contribution in [1.29, 1.82) is 0 Å². The number of oxime groups is 1. The number of hydrogen-bond acceptors (Lipinski definition) is 5. The van der Waals surface area contributed by atoms with Crippen LogP contribution in [0.25, 0.3) is 0 Å². The van der Waals surface area contributed by atoms with E-state index in [1.807, 2.05) is 58.9 Å². The smallest absolute Gasteiger partial charge is 0.125 e. The number of aryl methyl sites for hydroxylation is 4. The average molecular weight is 426 g/mol. The van der Waals surface area contributed by atoms with Crippen LogP contribution >= 0.6 is 0 Å². The second kappa shape index (κ2) is 12.0. The van der Waals surface area contributed by atoms with Gasteiger partial charge < -0.3 is 19.0 Å². The topological polar surface area (TPSA) is 49.3 Å². The Hall–Kier alpha value is -2.95. The van der Waals surface area contributed by atoms with E-state index < -0.39 is 0 Å². The quantitative estimate of drug-likeness (QED) is 0.189. The summed E-state index contributed by atoms with van der Waals surface area (Å²) < 4.78 is 17.8. The maximum Gasteiger partial charge on any atom is 0.125 e. The van der Waals surface area contributed by atoms with Crippen molar-refractivity contribution in [2.75, 3.05) is 26.9 Å². The van der Waals surface area contributed by atoms with E-state index in [4.69, 9.17) is 19.0 Å². The monoisotopic (exact) mass is 425 g/mol. The van der Waals surface area contributed by atoms with Gasteiger partial charge in [-0.3, -0.25) is 0 Å². The van der Waals surface area contributed by atoms with E-state index in [0.717, 1.165) is 57.2 Å². The van der Waals surface area contributed by atoms with Gasteiger partial charge in [-0.1, -0.05) is 17.3 Å². The highest BCUT2D eigenvalue weighted by Crippen LogP contribution is 2.29. The van der Waals surface area contributed by atoms with E-state index in [1.165, 1.54) is 0 Å². The van der Waals surface area contributed by atoms with Crippen LogP contribution in [0.2, 0.25) is 0 Å². The highest BCUT2D eigenvalue weighted by Gasteiger charge is 2.10. The van der Waals surface area contributed by atoms with Crippen molar-refractivity contribution in [3.8, 4) is 17.2 Å². The Morgan fingerprint density at radius 3 is 2.19 bits per heavy atom. The van der Waals surface area contributed by atoms with Crippen molar-refractivity contribution in [1.82, 2.24) is 0 Å². The minimum Gasteiger partial charge on any atom is -0.493 e. The first-order valence-electron chi connectivity index (χ1n) is 10.7. The maximum atomic E-state index is 6.04. The minimum atomic E-state index is 0.575. The Kier molecular flexibility index (Phi) is 9.44. The van der Waals surface area contributed by atoms with E-state index in [0.29, 0.717) is 19.8 Å². The van der Waals surface area contributed by atoms with Gasteiger partial charge in [-0.25, -0.2) is 0 Å². The molecule has 0 saturated carbocycles. The maximum absolute atomic E-state index is 6.04. The molecule has 5 heteroatoms. The number of ether oxygens (including phenoxy) is 3. The van der Waals surface area contributed by atoms with Crippen LogP contribution in [-0.2, 0) is 4.84 Å². The zero-order chi connectivity index (χ0) is 22.8. The molecule has 0 fully saturated rings. The highest BCUT2D eigenvalue weighted by molar-refractivity contribution is 6.00. The molecule has 0 amide bonds. The molecule has 2 aromatic carbocycles. The Bertz CT molecular complexity index is 908. The Morgan fingerprint density at radius 1 is 0.871 bits per heavy atom. The molecule has 31 heavy (non-hydrogen) atoms. The van der Waals surface area contributed by atoms with Gasteiger partial charge in [0.2, 0.25) is 0 Å². The molecular weight excluding hydrogens is 390 g/mol. The van der Waals surface area contributed by atoms with Gasteiger partial charge >= 0.3 is 0 Å². The summed E-state index contributed by atoms with van der Waals surface area (Å²) in [5, 5.41) is 4.03. The Morgan fingerprint density at radius 2 is 1.55 bits per heavy atom. The number of rotatable bonds is 11. The highest BCUT2D eigenvalue weighted by atomic mass is 16.6. The summed E-state index contributed by atoms with van der Waals surface area (Å²) in [5.74, 6) is 2.67. The molecule has 5 nitrogen and oxygen atoms in total. The fraction of sp³-hybridized carbons (Fsp3) is 0.423. The van der Waals surface area contributed by atoms with Crippen LogP contribution in [0.15, 0.2) is 41.6 Å². The molecule has 0 unspecified atom stereocenters. The summed E-state index contributed by atoms with van der Waals surface area (Å²) in [5.41, 5.74) is 6.26. The summed E-state index contributed by atoms with van der Waals surface area (Å²) in [4.78, 5) is 4.89. The lowest BCUT2D eigenvalue weighted by molar-refractivity contribution is 0.213. The van der Waals surface area contributed by atoms with Gasteiger partial charge in [-0.05, 0) is 88.1 Å². The van der Waals surface area contributed by atoms with Gasteiger partial charge in [-0.15, -0.1) is 0 Å². The third kappa shape index (κ3) is 7.06. The third-order valence-electron chi connectivity index (χ3n) is 4.95. The predicted octanol–water partition coefficient (Wildman–Crippen LogP) is 6.09. The van der Waals surface area contributed by atoms with E-state index in [2.05, 4.69) is 24.2 Å². The largest absolute Gasteiger partial charge is 0.493 e. The fourth-order valence-corrected chi connectivity index (χ4v) is 3.40. The summed E-state index contributed by atoms with van der Waals surface area (Å²) in [7, 11) is 1.56. The zero-order valence-electron chi connectivity index (χ0n) is 19.9. The Labute approximate surface area is 186 Å². The van der Waals surface area contributed by atoms with Gasteiger partial charge in [0, 0.05) is 12.0 Å². The van der Waals surface area contributed by atoms with Crippen molar-refractivity contribution in [2.24, 2.45) is 5.16 Å². The van der Waals surface area contributed by atoms with Gasteiger partial charge in [0.1, 0.15) is 31.0 Å². The molecule has 0 N–H and O–H groups in total. The molecule has 0 aliphatic heterocycles. The van der Waals surface area contributed by atoms with Crippen LogP contribution < -0.4 is 14.2 Å². The lowest BCUT2D eigenvalue weighted by Crippen LogP contribution is -2.08. The van der Waals surface area contributed by atoms with E-state index in [1.54, 1.807) is 7.11 Å². The number of allylic oxidation sites excluding steroid dienone is 1. The lowest BCUT2D eigenvalue weighted by atomic mass is 10.0. The summed E-state index contributed by atoms with van der Waals surface area (Å²) in [6.07, 6.45) is 4.76. The third-order valence-corrected chi connectivity index (χ3v) is 4.95. The minimum absolute atomic E-state index is 0.575. The summed E-state index contributed by atoms with van der Waals surface area (Å²) in [6.45, 7) is 13.9. The second-order valence-electron chi connectivity index (χ2n) is 7.61. The van der Waals surface area contributed by atoms with Gasteiger partial charge in [0.05, 0.1) is 18.9 Å². The summed E-state index contributed by atoms with van der Waals surface area (Å²) in [6, 6.07) is 8.18. The molecule has 0 aromatic heterocycles. The fourth-order valence-electron chi connectivity index (χ4n) is 3.40. The number of benzene rings is 2. The SMILES string of the molecule is C/C=C/COc1cc(C)c(OCCCOc2cc(C)c(C(C)=NOC)cc2C)c(C)c1. The normalized spacial score (nSPS) is 11.6. The standard InChI is InChI=1S/C26H35NO4/c1-8-9-11-29-23-14-20(4)26(21(5)15-23)31-13-10-12-30-25-17-18(2)24(16-19(25)3)22(6)27-28-7/h8-9,14-17H,10-13H2,1-7H3/b9-8+,27-22?. The van der Waals surface area contributed by atoms with Crippen molar-refractivity contribution in [3.63, 3.8) is 0 Å².